The summed E-state index contributed by atoms with van der Waals surface area (Å²) in [4.78, 5) is 59.5. The molecule has 1 fully saturated rings. The Kier molecular flexibility index (Phi) is 7.92. The van der Waals surface area contributed by atoms with Gasteiger partial charge in [0.05, 0.1) is 13.0 Å². The van der Waals surface area contributed by atoms with Gasteiger partial charge in [-0.1, -0.05) is 0 Å². The minimum atomic E-state index is -5.97. The third-order valence-corrected chi connectivity index (χ3v) is 8.16. The molecule has 2 aliphatic heterocycles. The van der Waals surface area contributed by atoms with Crippen LogP contribution >= 0.6 is 23.5 Å². The molecule has 21 heteroatoms. The van der Waals surface area contributed by atoms with Crippen LogP contribution in [0.1, 0.15) is 13.3 Å². The SMILES string of the molecule is C[C@]1(O)[C@H](N2C=CC(=O)CC2=O)O[C@@](COP(=O)(O)OP(=O)(O)OP(=O)(O)O)(C(F)F)[C@H]1O. The van der Waals surface area contributed by atoms with E-state index in [1.807, 2.05) is 0 Å². The van der Waals surface area contributed by atoms with E-state index in [9.17, 15) is 47.2 Å². The van der Waals surface area contributed by atoms with Gasteiger partial charge in [-0.25, -0.2) is 22.5 Å². The summed E-state index contributed by atoms with van der Waals surface area (Å²) >= 11 is 0. The van der Waals surface area contributed by atoms with Crippen LogP contribution in [0.5, 0.6) is 0 Å². The predicted octanol–water partition coefficient (Wildman–Crippen LogP) is -0.883. The first kappa shape index (κ1) is 28.3. The second-order valence-electron chi connectivity index (χ2n) is 6.98. The van der Waals surface area contributed by atoms with Crippen LogP contribution in [0.25, 0.3) is 0 Å². The second kappa shape index (κ2) is 9.24. The molecule has 16 nitrogen and oxygen atoms in total. The van der Waals surface area contributed by atoms with Crippen molar-refractivity contribution in [1.82, 2.24) is 4.90 Å². The van der Waals surface area contributed by atoms with Gasteiger partial charge in [0.25, 0.3) is 6.43 Å². The zero-order valence-electron chi connectivity index (χ0n) is 16.2. The Morgan fingerprint density at radius 1 is 1.18 bits per heavy atom. The molecule has 190 valence electrons. The molecule has 0 aromatic carbocycles. The van der Waals surface area contributed by atoms with Crippen molar-refractivity contribution in [3.05, 3.63) is 12.3 Å². The number of halogens is 2. The van der Waals surface area contributed by atoms with Gasteiger partial charge in [0.2, 0.25) is 5.91 Å². The molecule has 1 saturated heterocycles. The number of alkyl halides is 2. The first-order valence-electron chi connectivity index (χ1n) is 8.39. The van der Waals surface area contributed by atoms with Crippen LogP contribution in [-0.4, -0.2) is 82.9 Å². The maximum absolute atomic E-state index is 13.9. The van der Waals surface area contributed by atoms with Crippen molar-refractivity contribution in [1.29, 1.82) is 0 Å². The summed E-state index contributed by atoms with van der Waals surface area (Å²) in [5, 5.41) is 20.9. The van der Waals surface area contributed by atoms with Crippen molar-refractivity contribution in [2.24, 2.45) is 0 Å². The Labute approximate surface area is 182 Å². The monoisotopic (exact) mass is 547 g/mol. The highest BCUT2D eigenvalue weighted by Gasteiger charge is 2.68. The number of ketones is 1. The Bertz CT molecular complexity index is 981. The number of allylic oxidation sites excluding steroid dienone is 1. The van der Waals surface area contributed by atoms with Gasteiger partial charge in [-0.2, -0.15) is 8.62 Å². The lowest BCUT2D eigenvalue weighted by molar-refractivity contribution is -0.201. The third-order valence-electron chi connectivity index (χ3n) is 4.37. The number of rotatable bonds is 9. The van der Waals surface area contributed by atoms with Crippen LogP contribution in [-0.2, 0) is 41.2 Å². The predicted molar refractivity (Wildman–Crippen MR) is 95.7 cm³/mol. The van der Waals surface area contributed by atoms with Crippen molar-refractivity contribution in [3.8, 4) is 0 Å². The van der Waals surface area contributed by atoms with E-state index in [1.54, 1.807) is 0 Å². The summed E-state index contributed by atoms with van der Waals surface area (Å²) in [6.45, 7) is -1.04. The summed E-state index contributed by atoms with van der Waals surface area (Å²) in [7, 11) is -17.6. The van der Waals surface area contributed by atoms with Crippen LogP contribution in [0.15, 0.2) is 12.3 Å². The molecule has 33 heavy (non-hydrogen) atoms. The average Bonchev–Trinajstić information content (AvgIpc) is 2.78. The summed E-state index contributed by atoms with van der Waals surface area (Å²) in [5.74, 6) is -1.65. The van der Waals surface area contributed by atoms with E-state index < -0.39 is 78.1 Å². The number of phosphoric ester groups is 1. The van der Waals surface area contributed by atoms with Crippen LogP contribution in [0, 0.1) is 0 Å². The number of carbonyl (C=O) groups is 2. The molecular weight excluding hydrogens is 529 g/mol. The number of carbonyl (C=O) groups excluding carboxylic acids is 2. The zero-order chi connectivity index (χ0) is 25.6. The van der Waals surface area contributed by atoms with Crippen molar-refractivity contribution >= 4 is 35.2 Å². The molecule has 2 rings (SSSR count). The highest BCUT2D eigenvalue weighted by atomic mass is 31.3. The zero-order valence-corrected chi connectivity index (χ0v) is 18.9. The van der Waals surface area contributed by atoms with Gasteiger partial charge in [-0.3, -0.25) is 19.0 Å². The summed E-state index contributed by atoms with van der Waals surface area (Å²) in [6, 6.07) is 0. The molecule has 2 heterocycles. The van der Waals surface area contributed by atoms with Gasteiger partial charge in [0.15, 0.2) is 17.6 Å². The fourth-order valence-electron chi connectivity index (χ4n) is 2.95. The van der Waals surface area contributed by atoms with E-state index >= 15 is 0 Å². The Morgan fingerprint density at radius 3 is 2.24 bits per heavy atom. The maximum atomic E-state index is 13.9. The molecule has 6 N–H and O–H groups in total. The van der Waals surface area contributed by atoms with Crippen molar-refractivity contribution in [2.75, 3.05) is 6.61 Å². The van der Waals surface area contributed by atoms with Crippen LogP contribution in [0.3, 0.4) is 0 Å². The molecule has 0 spiro atoms. The topological polar surface area (TPSA) is 247 Å². The molecule has 0 aliphatic carbocycles. The lowest BCUT2D eigenvalue weighted by Crippen LogP contribution is -2.57. The molecule has 1 amide bonds. The van der Waals surface area contributed by atoms with E-state index in [-0.39, 0.29) is 0 Å². The Balaban J connectivity index is 2.29. The quantitative estimate of drug-likeness (QED) is 0.151. The summed E-state index contributed by atoms with van der Waals surface area (Å²) < 4.78 is 77.7. The minimum Gasteiger partial charge on any atom is -0.387 e. The minimum absolute atomic E-state index is 0.527. The van der Waals surface area contributed by atoms with Crippen LogP contribution in [0.2, 0.25) is 0 Å². The van der Waals surface area contributed by atoms with Gasteiger partial charge in [-0.15, -0.1) is 0 Å². The van der Waals surface area contributed by atoms with Crippen molar-refractivity contribution in [2.45, 2.75) is 43.3 Å². The molecular formula is C12H18F2NO15P3. The Morgan fingerprint density at radius 2 is 1.76 bits per heavy atom. The number of hydrogen-bond acceptors (Lipinski definition) is 11. The number of phosphoric acid groups is 3. The van der Waals surface area contributed by atoms with E-state index in [0.717, 1.165) is 19.2 Å². The van der Waals surface area contributed by atoms with Gasteiger partial charge in [-0.05, 0) is 13.0 Å². The number of hydrogen-bond donors (Lipinski definition) is 6. The number of nitrogens with zero attached hydrogens (tertiary/aromatic N) is 1. The average molecular weight is 547 g/mol. The largest absolute Gasteiger partial charge is 0.490 e. The molecule has 0 bridgehead atoms. The van der Waals surface area contributed by atoms with Gasteiger partial charge in [0, 0.05) is 6.20 Å². The third kappa shape index (κ3) is 6.38. The van der Waals surface area contributed by atoms with Gasteiger partial charge in [0.1, 0.15) is 11.7 Å². The highest BCUT2D eigenvalue weighted by Crippen LogP contribution is 2.66. The number of aliphatic hydroxyl groups excluding tert-OH is 1. The van der Waals surface area contributed by atoms with Crippen molar-refractivity contribution < 1.29 is 79.7 Å². The van der Waals surface area contributed by atoms with E-state index in [1.165, 1.54) is 0 Å². The van der Waals surface area contributed by atoms with Gasteiger partial charge >= 0.3 is 23.5 Å². The van der Waals surface area contributed by atoms with Crippen molar-refractivity contribution in [3.63, 3.8) is 0 Å². The molecule has 2 aliphatic rings. The normalized spacial score (nSPS) is 34.5. The standard InChI is InChI=1S/C12H18F2NO15P3/c1-11(19)8(18)12(9(13)14,28-10(11)15-3-2-6(16)4-7(15)17)5-27-32(23,24)30-33(25,26)29-31(20,21)22/h2-3,8-10,18-19H,4-5H2,1H3,(H,23,24)(H,25,26)(H2,20,21,22)/t8-,10+,11+,12+/m0/s1. The number of amides is 1. The first-order valence-corrected chi connectivity index (χ1v) is 12.9. The molecule has 6 atom stereocenters. The van der Waals surface area contributed by atoms with E-state index in [0.29, 0.717) is 4.90 Å². The fraction of sp³-hybridized carbons (Fsp3) is 0.667. The smallest absolute Gasteiger partial charge is 0.387 e. The lowest BCUT2D eigenvalue weighted by atomic mass is 9.87. The van der Waals surface area contributed by atoms with Crippen LogP contribution in [0.4, 0.5) is 8.78 Å². The molecule has 0 aromatic heterocycles. The van der Waals surface area contributed by atoms with Gasteiger partial charge < -0.3 is 34.5 Å². The maximum Gasteiger partial charge on any atom is 0.490 e. The Hall–Kier alpha value is -0.970. The number of aliphatic hydroxyl groups is 2. The van der Waals surface area contributed by atoms with Crippen LogP contribution < -0.4 is 0 Å². The molecule has 0 saturated carbocycles. The molecule has 0 radical (unpaired) electrons. The second-order valence-corrected chi connectivity index (χ2v) is 11.4. The summed E-state index contributed by atoms with van der Waals surface area (Å²) in [6.07, 6.45) is -7.53. The van der Waals surface area contributed by atoms with E-state index in [2.05, 4.69) is 13.1 Å². The highest BCUT2D eigenvalue weighted by molar-refractivity contribution is 7.66. The lowest BCUT2D eigenvalue weighted by Gasteiger charge is -2.34. The molecule has 2 unspecified atom stereocenters. The van der Waals surface area contributed by atoms with E-state index in [4.69, 9.17) is 19.4 Å². The fourth-order valence-corrected chi connectivity index (χ4v) is 6.01. The molecule has 0 aromatic rings. The first-order chi connectivity index (χ1) is 14.7. The summed E-state index contributed by atoms with van der Waals surface area (Å²) in [5.41, 5.74) is -6.01. The number of ether oxygens (including phenoxy) is 1.